The topological polar surface area (TPSA) is 75.6 Å². The largest absolute Gasteiger partial charge is 0.466 e. The van der Waals surface area contributed by atoms with Crippen molar-refractivity contribution in [3.63, 3.8) is 0 Å². The number of rotatable bonds is 6. The van der Waals surface area contributed by atoms with Gasteiger partial charge in [0.05, 0.1) is 12.5 Å². The molecule has 0 aromatic heterocycles. The molecule has 1 aliphatic rings. The molecule has 0 unspecified atom stereocenters. The van der Waals surface area contributed by atoms with Crippen LogP contribution in [0.5, 0.6) is 0 Å². The number of ether oxygens (including phenoxy) is 1. The molecule has 104 valence electrons. The van der Waals surface area contributed by atoms with Gasteiger partial charge in [0, 0.05) is 19.1 Å². The number of carbonyl (C=O) groups is 2. The second-order valence-corrected chi connectivity index (χ2v) is 4.70. The van der Waals surface area contributed by atoms with Gasteiger partial charge in [-0.05, 0) is 39.0 Å². The molecule has 18 heavy (non-hydrogen) atoms. The predicted octanol–water partition coefficient (Wildman–Crippen LogP) is 0.997. The summed E-state index contributed by atoms with van der Waals surface area (Å²) in [6.07, 6.45) is 4.09. The Labute approximate surface area is 108 Å². The molecule has 5 nitrogen and oxygen atoms in total. The maximum Gasteiger partial charge on any atom is 0.308 e. The summed E-state index contributed by atoms with van der Waals surface area (Å²) in [4.78, 5) is 23.0. The predicted molar refractivity (Wildman–Crippen MR) is 66.8 cm³/mol. The first-order valence-corrected chi connectivity index (χ1v) is 6.74. The zero-order valence-corrected chi connectivity index (χ0v) is 11.0. The van der Waals surface area contributed by atoms with Crippen LogP contribution in [0.15, 0.2) is 0 Å². The lowest BCUT2D eigenvalue weighted by atomic mass is 9.86. The monoisotopic (exact) mass is 257 g/mol. The molecule has 0 radical (unpaired) electrons. The molecule has 1 fully saturated rings. The van der Waals surface area contributed by atoms with Crippen LogP contribution in [0.2, 0.25) is 0 Å². The number of aliphatic hydroxyl groups excluding tert-OH is 1. The van der Waals surface area contributed by atoms with Crippen LogP contribution in [0.25, 0.3) is 0 Å². The van der Waals surface area contributed by atoms with Crippen molar-refractivity contribution < 1.29 is 19.4 Å². The summed E-state index contributed by atoms with van der Waals surface area (Å²) in [6, 6.07) is 0.168. The van der Waals surface area contributed by atoms with Crippen LogP contribution >= 0.6 is 0 Å². The van der Waals surface area contributed by atoms with E-state index in [1.165, 1.54) is 0 Å². The Morgan fingerprint density at radius 3 is 2.50 bits per heavy atom. The number of esters is 1. The molecular formula is C13H23NO4. The van der Waals surface area contributed by atoms with Gasteiger partial charge in [-0.15, -0.1) is 0 Å². The van der Waals surface area contributed by atoms with E-state index >= 15 is 0 Å². The van der Waals surface area contributed by atoms with E-state index < -0.39 is 0 Å². The van der Waals surface area contributed by atoms with Gasteiger partial charge in [0.15, 0.2) is 0 Å². The molecule has 2 N–H and O–H groups in total. The molecular weight excluding hydrogens is 234 g/mol. The first kappa shape index (κ1) is 15.0. The normalized spacial score (nSPS) is 23.4. The number of carbonyl (C=O) groups excluding carboxylic acids is 2. The van der Waals surface area contributed by atoms with Crippen molar-refractivity contribution in [1.29, 1.82) is 0 Å². The molecule has 0 aromatic carbocycles. The quantitative estimate of drug-likeness (QED) is 0.696. The van der Waals surface area contributed by atoms with Crippen molar-refractivity contribution in [3.8, 4) is 0 Å². The van der Waals surface area contributed by atoms with E-state index in [4.69, 9.17) is 9.84 Å². The van der Waals surface area contributed by atoms with Gasteiger partial charge in [-0.1, -0.05) is 0 Å². The van der Waals surface area contributed by atoms with Gasteiger partial charge in [0.1, 0.15) is 0 Å². The van der Waals surface area contributed by atoms with Crippen LogP contribution in [0.4, 0.5) is 0 Å². The summed E-state index contributed by atoms with van der Waals surface area (Å²) in [6.45, 7) is 2.28. The Balaban J connectivity index is 2.22. The van der Waals surface area contributed by atoms with Crippen molar-refractivity contribution in [2.45, 2.75) is 51.5 Å². The van der Waals surface area contributed by atoms with Gasteiger partial charge in [-0.25, -0.2) is 0 Å². The molecule has 1 amide bonds. The fourth-order valence-corrected chi connectivity index (χ4v) is 2.27. The van der Waals surface area contributed by atoms with Crippen LogP contribution in [0, 0.1) is 5.92 Å². The minimum absolute atomic E-state index is 0.00413. The minimum atomic E-state index is -0.109. The van der Waals surface area contributed by atoms with Crippen molar-refractivity contribution in [1.82, 2.24) is 5.32 Å². The van der Waals surface area contributed by atoms with Gasteiger partial charge >= 0.3 is 5.97 Å². The van der Waals surface area contributed by atoms with Gasteiger partial charge in [0.2, 0.25) is 5.91 Å². The Kier molecular flexibility index (Phi) is 6.72. The van der Waals surface area contributed by atoms with Crippen LogP contribution in [-0.4, -0.2) is 36.2 Å². The highest BCUT2D eigenvalue weighted by Gasteiger charge is 2.27. The summed E-state index contributed by atoms with van der Waals surface area (Å²) < 4.78 is 5.00. The van der Waals surface area contributed by atoms with Gasteiger partial charge in [0.25, 0.3) is 0 Å². The molecule has 0 spiro atoms. The molecule has 0 saturated heterocycles. The van der Waals surface area contributed by atoms with E-state index in [0.717, 1.165) is 25.7 Å². The first-order valence-electron chi connectivity index (χ1n) is 6.74. The highest BCUT2D eigenvalue weighted by Crippen LogP contribution is 2.25. The lowest BCUT2D eigenvalue weighted by Crippen LogP contribution is -2.39. The highest BCUT2D eigenvalue weighted by atomic mass is 16.5. The fraction of sp³-hybridized carbons (Fsp3) is 0.846. The van der Waals surface area contributed by atoms with Crippen molar-refractivity contribution >= 4 is 11.9 Å². The van der Waals surface area contributed by atoms with E-state index in [2.05, 4.69) is 5.32 Å². The molecule has 0 aliphatic heterocycles. The van der Waals surface area contributed by atoms with E-state index in [0.29, 0.717) is 19.4 Å². The number of aliphatic hydroxyl groups is 1. The third-order valence-electron chi connectivity index (χ3n) is 3.27. The molecule has 1 saturated carbocycles. The number of nitrogens with one attached hydrogen (secondary N) is 1. The summed E-state index contributed by atoms with van der Waals surface area (Å²) in [5.41, 5.74) is 0. The van der Waals surface area contributed by atoms with E-state index in [9.17, 15) is 9.59 Å². The Hall–Kier alpha value is -1.10. The van der Waals surface area contributed by atoms with Gasteiger partial charge in [-0.2, -0.15) is 0 Å². The smallest absolute Gasteiger partial charge is 0.308 e. The molecule has 0 aromatic rings. The Morgan fingerprint density at radius 2 is 1.94 bits per heavy atom. The lowest BCUT2D eigenvalue weighted by Gasteiger charge is -2.27. The maximum absolute atomic E-state index is 11.5. The van der Waals surface area contributed by atoms with Crippen LogP contribution in [-0.2, 0) is 14.3 Å². The maximum atomic E-state index is 11.5. The number of hydrogen-bond donors (Lipinski definition) is 2. The number of hydrogen-bond acceptors (Lipinski definition) is 4. The zero-order valence-electron chi connectivity index (χ0n) is 11.0. The molecule has 0 atom stereocenters. The van der Waals surface area contributed by atoms with Crippen molar-refractivity contribution in [3.05, 3.63) is 0 Å². The number of amides is 1. The third-order valence-corrected chi connectivity index (χ3v) is 3.27. The summed E-state index contributed by atoms with van der Waals surface area (Å²) in [5, 5.41) is 11.6. The third kappa shape index (κ3) is 5.04. The SMILES string of the molecule is CCOC(=O)C1CCC(NC(=O)CCCO)CC1. The lowest BCUT2D eigenvalue weighted by molar-refractivity contribution is -0.149. The van der Waals surface area contributed by atoms with Gasteiger partial charge in [-0.3, -0.25) is 9.59 Å². The molecule has 5 heteroatoms. The van der Waals surface area contributed by atoms with Crippen LogP contribution in [0.1, 0.15) is 45.4 Å². The first-order chi connectivity index (χ1) is 8.67. The van der Waals surface area contributed by atoms with Crippen LogP contribution in [0.3, 0.4) is 0 Å². The molecule has 1 rings (SSSR count). The standard InChI is InChI=1S/C13H23NO4/c1-2-18-13(17)10-5-7-11(8-6-10)14-12(16)4-3-9-15/h10-11,15H,2-9H2,1H3,(H,14,16). The second-order valence-electron chi connectivity index (χ2n) is 4.70. The minimum Gasteiger partial charge on any atom is -0.466 e. The van der Waals surface area contributed by atoms with E-state index in [-0.39, 0.29) is 30.4 Å². The summed E-state index contributed by atoms with van der Waals surface area (Å²) in [7, 11) is 0. The van der Waals surface area contributed by atoms with Gasteiger partial charge < -0.3 is 15.2 Å². The fourth-order valence-electron chi connectivity index (χ4n) is 2.27. The Bertz CT molecular complexity index is 272. The van der Waals surface area contributed by atoms with E-state index in [1.54, 1.807) is 0 Å². The zero-order chi connectivity index (χ0) is 13.4. The van der Waals surface area contributed by atoms with Crippen molar-refractivity contribution in [2.75, 3.05) is 13.2 Å². The molecule has 0 heterocycles. The van der Waals surface area contributed by atoms with Crippen LogP contribution < -0.4 is 5.32 Å². The average Bonchev–Trinajstić information content (AvgIpc) is 2.37. The van der Waals surface area contributed by atoms with E-state index in [1.807, 2.05) is 6.92 Å². The highest BCUT2D eigenvalue weighted by molar-refractivity contribution is 5.76. The summed E-state index contributed by atoms with van der Waals surface area (Å²) >= 11 is 0. The summed E-state index contributed by atoms with van der Waals surface area (Å²) in [5.74, 6) is -0.123. The average molecular weight is 257 g/mol. The molecule has 0 bridgehead atoms. The Morgan fingerprint density at radius 1 is 1.28 bits per heavy atom. The molecule has 1 aliphatic carbocycles. The second kappa shape index (κ2) is 8.08. The van der Waals surface area contributed by atoms with Crippen molar-refractivity contribution in [2.24, 2.45) is 5.92 Å².